The molecule has 4 heteroatoms. The maximum Gasteiger partial charge on any atom is 0.160 e. The summed E-state index contributed by atoms with van der Waals surface area (Å²) in [4.78, 5) is 11.3. The third kappa shape index (κ3) is 6.57. The Labute approximate surface area is 121 Å². The molecular weight excluding hydrogens is 254 g/mol. The van der Waals surface area contributed by atoms with Crippen molar-refractivity contribution in [2.24, 2.45) is 5.92 Å². The molecule has 0 heterocycles. The molecule has 4 nitrogen and oxygen atoms in total. The van der Waals surface area contributed by atoms with Crippen LogP contribution in [0.1, 0.15) is 27.7 Å². The molecule has 0 fully saturated rings. The van der Waals surface area contributed by atoms with Gasteiger partial charge in [0.05, 0.1) is 6.61 Å². The standard InChI is InChI=1S/C16H25NO3/c1-12(2)16(18)11-19-8-9-20-15-7-5-6-14(10-15)17-13(3)4/h5-7,10,12-13,17H,8-9,11H2,1-4H3. The van der Waals surface area contributed by atoms with Gasteiger partial charge in [0, 0.05) is 23.7 Å². The SMILES string of the molecule is CC(C)Nc1cccc(OCCOCC(=O)C(C)C)c1. The first kappa shape index (κ1) is 16.5. The van der Waals surface area contributed by atoms with E-state index in [0.717, 1.165) is 11.4 Å². The maximum absolute atomic E-state index is 11.3. The number of benzene rings is 1. The zero-order chi connectivity index (χ0) is 15.0. The highest BCUT2D eigenvalue weighted by Gasteiger charge is 2.06. The van der Waals surface area contributed by atoms with Gasteiger partial charge in [0.15, 0.2) is 5.78 Å². The summed E-state index contributed by atoms with van der Waals surface area (Å²) in [5.74, 6) is 0.942. The molecule has 0 atom stereocenters. The van der Waals surface area contributed by atoms with Crippen molar-refractivity contribution in [1.29, 1.82) is 0 Å². The summed E-state index contributed by atoms with van der Waals surface area (Å²) < 4.78 is 10.9. The van der Waals surface area contributed by atoms with Gasteiger partial charge in [-0.15, -0.1) is 0 Å². The van der Waals surface area contributed by atoms with Crippen LogP contribution in [-0.4, -0.2) is 31.6 Å². The number of hydrogen-bond acceptors (Lipinski definition) is 4. The average molecular weight is 279 g/mol. The highest BCUT2D eigenvalue weighted by Crippen LogP contribution is 2.17. The monoisotopic (exact) mass is 279 g/mol. The van der Waals surface area contributed by atoms with Gasteiger partial charge < -0.3 is 14.8 Å². The molecule has 0 aliphatic carbocycles. The number of ketones is 1. The number of ether oxygens (including phenoxy) is 2. The van der Waals surface area contributed by atoms with Crippen LogP contribution in [0.25, 0.3) is 0 Å². The molecule has 0 unspecified atom stereocenters. The van der Waals surface area contributed by atoms with Crippen molar-refractivity contribution in [2.75, 3.05) is 25.1 Å². The minimum atomic E-state index is 0.0229. The van der Waals surface area contributed by atoms with Crippen LogP contribution in [-0.2, 0) is 9.53 Å². The first-order valence-electron chi connectivity index (χ1n) is 7.09. The van der Waals surface area contributed by atoms with E-state index >= 15 is 0 Å². The Balaban J connectivity index is 2.26. The van der Waals surface area contributed by atoms with Crippen molar-refractivity contribution in [3.8, 4) is 5.75 Å². The van der Waals surface area contributed by atoms with Crippen LogP contribution in [0.5, 0.6) is 5.75 Å². The molecule has 112 valence electrons. The van der Waals surface area contributed by atoms with E-state index in [9.17, 15) is 4.79 Å². The maximum atomic E-state index is 11.3. The molecule has 0 aromatic heterocycles. The largest absolute Gasteiger partial charge is 0.491 e. The fraction of sp³-hybridized carbons (Fsp3) is 0.562. The number of anilines is 1. The minimum absolute atomic E-state index is 0.0229. The number of hydrogen-bond donors (Lipinski definition) is 1. The van der Waals surface area contributed by atoms with Gasteiger partial charge in [0.25, 0.3) is 0 Å². The van der Waals surface area contributed by atoms with Crippen LogP contribution < -0.4 is 10.1 Å². The van der Waals surface area contributed by atoms with Crippen LogP contribution in [0.3, 0.4) is 0 Å². The van der Waals surface area contributed by atoms with Gasteiger partial charge in [-0.2, -0.15) is 0 Å². The molecule has 0 aliphatic rings. The van der Waals surface area contributed by atoms with Crippen molar-refractivity contribution < 1.29 is 14.3 Å². The molecule has 1 aromatic carbocycles. The van der Waals surface area contributed by atoms with Gasteiger partial charge in [-0.1, -0.05) is 19.9 Å². The lowest BCUT2D eigenvalue weighted by Crippen LogP contribution is -2.17. The predicted molar refractivity (Wildman–Crippen MR) is 81.4 cm³/mol. The molecule has 1 N–H and O–H groups in total. The molecular formula is C16H25NO3. The number of carbonyl (C=O) groups excluding carboxylic acids is 1. The number of Topliss-reactive ketones (excluding diaryl/α,β-unsaturated/α-hetero) is 1. The summed E-state index contributed by atoms with van der Waals surface area (Å²) >= 11 is 0. The Bertz CT molecular complexity index is 416. The first-order valence-corrected chi connectivity index (χ1v) is 7.09. The van der Waals surface area contributed by atoms with Crippen LogP contribution in [0.15, 0.2) is 24.3 Å². The lowest BCUT2D eigenvalue weighted by molar-refractivity contribution is -0.126. The van der Waals surface area contributed by atoms with E-state index in [0.29, 0.717) is 19.3 Å². The van der Waals surface area contributed by atoms with Crippen LogP contribution in [0, 0.1) is 5.92 Å². The van der Waals surface area contributed by atoms with E-state index in [1.807, 2.05) is 38.1 Å². The van der Waals surface area contributed by atoms with Crippen LogP contribution in [0.4, 0.5) is 5.69 Å². The minimum Gasteiger partial charge on any atom is -0.491 e. The fourth-order valence-corrected chi connectivity index (χ4v) is 1.57. The summed E-state index contributed by atoms with van der Waals surface area (Å²) in [5.41, 5.74) is 1.04. The lowest BCUT2D eigenvalue weighted by atomic mass is 10.1. The van der Waals surface area contributed by atoms with Crippen LogP contribution >= 0.6 is 0 Å². The molecule has 1 rings (SSSR count). The molecule has 0 saturated carbocycles. The van der Waals surface area contributed by atoms with E-state index in [4.69, 9.17) is 9.47 Å². The Morgan fingerprint density at radius 3 is 2.60 bits per heavy atom. The number of carbonyl (C=O) groups is 1. The van der Waals surface area contributed by atoms with Gasteiger partial charge in [-0.25, -0.2) is 0 Å². The van der Waals surface area contributed by atoms with Crippen molar-refractivity contribution >= 4 is 11.5 Å². The van der Waals surface area contributed by atoms with Gasteiger partial charge in [0.1, 0.15) is 19.0 Å². The van der Waals surface area contributed by atoms with Gasteiger partial charge in [-0.3, -0.25) is 4.79 Å². The highest BCUT2D eigenvalue weighted by atomic mass is 16.5. The summed E-state index contributed by atoms with van der Waals surface area (Å²) in [6.45, 7) is 8.94. The highest BCUT2D eigenvalue weighted by molar-refractivity contribution is 5.81. The zero-order valence-electron chi connectivity index (χ0n) is 12.8. The van der Waals surface area contributed by atoms with Gasteiger partial charge in [-0.05, 0) is 26.0 Å². The van der Waals surface area contributed by atoms with Crippen molar-refractivity contribution in [2.45, 2.75) is 33.7 Å². The van der Waals surface area contributed by atoms with Crippen molar-refractivity contribution in [3.63, 3.8) is 0 Å². The molecule has 0 amide bonds. The number of rotatable bonds is 9. The molecule has 0 saturated heterocycles. The van der Waals surface area contributed by atoms with E-state index in [1.165, 1.54) is 0 Å². The third-order valence-corrected chi connectivity index (χ3v) is 2.67. The summed E-state index contributed by atoms with van der Waals surface area (Å²) in [7, 11) is 0. The molecule has 0 bridgehead atoms. The second-order valence-corrected chi connectivity index (χ2v) is 5.35. The van der Waals surface area contributed by atoms with Crippen molar-refractivity contribution in [1.82, 2.24) is 0 Å². The zero-order valence-corrected chi connectivity index (χ0v) is 12.8. The lowest BCUT2D eigenvalue weighted by Gasteiger charge is -2.12. The quantitative estimate of drug-likeness (QED) is 0.706. The topological polar surface area (TPSA) is 47.6 Å². The second-order valence-electron chi connectivity index (χ2n) is 5.35. The van der Waals surface area contributed by atoms with E-state index in [2.05, 4.69) is 19.2 Å². The van der Waals surface area contributed by atoms with Gasteiger partial charge >= 0.3 is 0 Å². The average Bonchev–Trinajstić information content (AvgIpc) is 2.37. The van der Waals surface area contributed by atoms with Gasteiger partial charge in [0.2, 0.25) is 0 Å². The van der Waals surface area contributed by atoms with E-state index in [1.54, 1.807) is 0 Å². The first-order chi connectivity index (χ1) is 9.49. The Morgan fingerprint density at radius 1 is 1.20 bits per heavy atom. The normalized spacial score (nSPS) is 10.9. The molecule has 0 radical (unpaired) electrons. The molecule has 0 aliphatic heterocycles. The third-order valence-electron chi connectivity index (χ3n) is 2.67. The van der Waals surface area contributed by atoms with E-state index < -0.39 is 0 Å². The predicted octanol–water partition coefficient (Wildman–Crippen LogP) is 3.13. The Hall–Kier alpha value is -1.55. The van der Waals surface area contributed by atoms with Crippen LogP contribution in [0.2, 0.25) is 0 Å². The summed E-state index contributed by atoms with van der Waals surface area (Å²) in [5, 5.41) is 3.32. The smallest absolute Gasteiger partial charge is 0.160 e. The molecule has 20 heavy (non-hydrogen) atoms. The summed E-state index contributed by atoms with van der Waals surface area (Å²) in [6, 6.07) is 8.20. The van der Waals surface area contributed by atoms with Crippen molar-refractivity contribution in [3.05, 3.63) is 24.3 Å². The Kier molecular flexibility index (Phi) is 7.09. The fourth-order valence-electron chi connectivity index (χ4n) is 1.57. The molecule has 0 spiro atoms. The molecule has 1 aromatic rings. The van der Waals surface area contributed by atoms with E-state index in [-0.39, 0.29) is 18.3 Å². The summed E-state index contributed by atoms with van der Waals surface area (Å²) in [6.07, 6.45) is 0. The number of nitrogens with one attached hydrogen (secondary N) is 1. The second kappa shape index (κ2) is 8.59. The Morgan fingerprint density at radius 2 is 1.95 bits per heavy atom.